The number of ether oxygens (including phenoxy) is 1. The third kappa shape index (κ3) is 3.18. The van der Waals surface area contributed by atoms with Crippen molar-refractivity contribution in [2.24, 2.45) is 0 Å². The average molecular weight is 352 g/mol. The maximum Gasteiger partial charge on any atom is 0.209 e. The molecule has 2 heterocycles. The van der Waals surface area contributed by atoms with Gasteiger partial charge in [-0.05, 0) is 51.0 Å². The minimum atomic E-state index is -0.962. The van der Waals surface area contributed by atoms with E-state index in [0.29, 0.717) is 23.3 Å². The Morgan fingerprint density at radius 3 is 2.73 bits per heavy atom. The number of H-pyrrole nitrogens is 1. The van der Waals surface area contributed by atoms with E-state index in [1.807, 2.05) is 54.1 Å². The summed E-state index contributed by atoms with van der Waals surface area (Å²) in [6.45, 7) is 5.41. The van der Waals surface area contributed by atoms with E-state index in [0.717, 1.165) is 16.8 Å². The van der Waals surface area contributed by atoms with Crippen molar-refractivity contribution >= 4 is 11.0 Å². The summed E-state index contributed by atoms with van der Waals surface area (Å²) in [6, 6.07) is 7.49. The Kier molecular flexibility index (Phi) is 4.74. The van der Waals surface area contributed by atoms with Gasteiger partial charge < -0.3 is 19.4 Å². The van der Waals surface area contributed by atoms with Crippen LogP contribution in [0.3, 0.4) is 0 Å². The second kappa shape index (κ2) is 6.84. The zero-order valence-electron chi connectivity index (χ0n) is 15.5. The summed E-state index contributed by atoms with van der Waals surface area (Å²) in [5, 5.41) is 10.3. The number of hydrogen-bond donors (Lipinski definition) is 2. The zero-order valence-corrected chi connectivity index (χ0v) is 15.5. The minimum Gasteiger partial charge on any atom is -0.495 e. The van der Waals surface area contributed by atoms with Crippen LogP contribution in [0.15, 0.2) is 53.6 Å². The molecule has 5 heteroatoms. The fourth-order valence-electron chi connectivity index (χ4n) is 3.04. The minimum absolute atomic E-state index is 0.00595. The molecule has 0 unspecified atom stereocenters. The van der Waals surface area contributed by atoms with Gasteiger partial charge in [-0.3, -0.25) is 4.79 Å². The van der Waals surface area contributed by atoms with Crippen LogP contribution < -0.4 is 10.2 Å². The van der Waals surface area contributed by atoms with E-state index in [1.54, 1.807) is 27.2 Å². The molecule has 0 spiro atoms. The number of fused-ring (bicyclic) bond motifs is 1. The van der Waals surface area contributed by atoms with Crippen molar-refractivity contribution in [3.05, 3.63) is 70.2 Å². The molecule has 0 bridgehead atoms. The van der Waals surface area contributed by atoms with Crippen molar-refractivity contribution in [3.8, 4) is 11.4 Å². The first-order valence-electron chi connectivity index (χ1n) is 8.61. The van der Waals surface area contributed by atoms with E-state index >= 15 is 0 Å². The lowest BCUT2D eigenvalue weighted by Crippen LogP contribution is -2.16. The van der Waals surface area contributed by atoms with Crippen molar-refractivity contribution in [1.82, 2.24) is 9.55 Å². The summed E-state index contributed by atoms with van der Waals surface area (Å²) in [5.41, 5.74) is 2.67. The van der Waals surface area contributed by atoms with E-state index < -0.39 is 5.60 Å². The first-order chi connectivity index (χ1) is 12.4. The van der Waals surface area contributed by atoms with Crippen LogP contribution in [0, 0.1) is 0 Å². The molecule has 0 saturated heterocycles. The van der Waals surface area contributed by atoms with Crippen molar-refractivity contribution in [2.45, 2.75) is 32.8 Å². The third-order valence-corrected chi connectivity index (χ3v) is 4.51. The SMILES string of the molecule is C/C=C/Cc1cn(-c2ccc(C(C)(C)O)cc2OC)c2cc[nH]c2c1=O. The number of benzene rings is 1. The second-order valence-electron chi connectivity index (χ2n) is 6.81. The molecule has 0 fully saturated rings. The van der Waals surface area contributed by atoms with Gasteiger partial charge in [0.05, 0.1) is 23.9 Å². The number of hydrogen-bond acceptors (Lipinski definition) is 3. The summed E-state index contributed by atoms with van der Waals surface area (Å²) in [7, 11) is 1.60. The lowest BCUT2D eigenvalue weighted by atomic mass is 9.97. The van der Waals surface area contributed by atoms with Crippen LogP contribution in [0.1, 0.15) is 31.9 Å². The van der Waals surface area contributed by atoms with Gasteiger partial charge in [-0.15, -0.1) is 0 Å². The summed E-state index contributed by atoms with van der Waals surface area (Å²) in [4.78, 5) is 15.7. The molecule has 3 rings (SSSR count). The molecule has 0 aliphatic carbocycles. The molecule has 0 aliphatic heterocycles. The van der Waals surface area contributed by atoms with E-state index in [9.17, 15) is 9.90 Å². The Bertz CT molecular complexity index is 1020. The molecule has 3 aromatic rings. The number of aromatic amines is 1. The molecule has 0 aliphatic rings. The molecule has 26 heavy (non-hydrogen) atoms. The fourth-order valence-corrected chi connectivity index (χ4v) is 3.04. The van der Waals surface area contributed by atoms with Crippen molar-refractivity contribution in [2.75, 3.05) is 7.11 Å². The van der Waals surface area contributed by atoms with E-state index in [-0.39, 0.29) is 5.43 Å². The predicted molar refractivity (Wildman–Crippen MR) is 104 cm³/mol. The highest BCUT2D eigenvalue weighted by Gasteiger charge is 2.19. The van der Waals surface area contributed by atoms with Crippen LogP contribution in [0.2, 0.25) is 0 Å². The number of methoxy groups -OCH3 is 1. The van der Waals surface area contributed by atoms with Gasteiger partial charge in [0.1, 0.15) is 11.3 Å². The van der Waals surface area contributed by atoms with Crippen LogP contribution in [0.5, 0.6) is 5.75 Å². The van der Waals surface area contributed by atoms with Crippen LogP contribution in [0.25, 0.3) is 16.7 Å². The van der Waals surface area contributed by atoms with E-state index in [2.05, 4.69) is 4.98 Å². The number of aromatic nitrogens is 2. The lowest BCUT2D eigenvalue weighted by molar-refractivity contribution is 0.0783. The number of rotatable bonds is 5. The van der Waals surface area contributed by atoms with Crippen molar-refractivity contribution < 1.29 is 9.84 Å². The number of nitrogens with zero attached hydrogens (tertiary/aromatic N) is 1. The number of allylic oxidation sites excluding steroid dienone is 2. The molecule has 5 nitrogen and oxygen atoms in total. The Labute approximate surface area is 152 Å². The highest BCUT2D eigenvalue weighted by Crippen LogP contribution is 2.31. The standard InChI is InChI=1S/C21H24N2O3/c1-5-6-7-14-13-23(17-10-11-22-19(17)20(14)24)16-9-8-15(21(2,3)25)12-18(16)26-4/h5-6,8-13,22,25H,7H2,1-4H3/b6-5+. The van der Waals surface area contributed by atoms with Gasteiger partial charge in [0.2, 0.25) is 5.43 Å². The maximum absolute atomic E-state index is 12.7. The summed E-state index contributed by atoms with van der Waals surface area (Å²) < 4.78 is 7.54. The van der Waals surface area contributed by atoms with Crippen LogP contribution in [0.4, 0.5) is 0 Å². The normalized spacial score (nSPS) is 12.2. The average Bonchev–Trinajstić information content (AvgIpc) is 3.10. The summed E-state index contributed by atoms with van der Waals surface area (Å²) in [5.74, 6) is 0.632. The summed E-state index contributed by atoms with van der Waals surface area (Å²) in [6.07, 6.45) is 8.08. The maximum atomic E-state index is 12.7. The summed E-state index contributed by atoms with van der Waals surface area (Å²) >= 11 is 0. The van der Waals surface area contributed by atoms with Gasteiger partial charge >= 0.3 is 0 Å². The van der Waals surface area contributed by atoms with Gasteiger partial charge in [0.25, 0.3) is 0 Å². The quantitative estimate of drug-likeness (QED) is 0.689. The molecular formula is C21H24N2O3. The van der Waals surface area contributed by atoms with E-state index in [4.69, 9.17) is 4.74 Å². The smallest absolute Gasteiger partial charge is 0.209 e. The monoisotopic (exact) mass is 352 g/mol. The van der Waals surface area contributed by atoms with Crippen LogP contribution >= 0.6 is 0 Å². The molecule has 1 aromatic carbocycles. The molecule has 2 N–H and O–H groups in total. The fraction of sp³-hybridized carbons (Fsp3) is 0.286. The topological polar surface area (TPSA) is 67.2 Å². The van der Waals surface area contributed by atoms with Crippen molar-refractivity contribution in [1.29, 1.82) is 0 Å². The van der Waals surface area contributed by atoms with Crippen LogP contribution in [-0.4, -0.2) is 21.8 Å². The third-order valence-electron chi connectivity index (χ3n) is 4.51. The van der Waals surface area contributed by atoms with E-state index in [1.165, 1.54) is 0 Å². The van der Waals surface area contributed by atoms with Gasteiger partial charge in [-0.2, -0.15) is 0 Å². The molecular weight excluding hydrogens is 328 g/mol. The molecule has 136 valence electrons. The lowest BCUT2D eigenvalue weighted by Gasteiger charge is -2.21. The molecule has 0 amide bonds. The molecule has 2 aromatic heterocycles. The predicted octanol–water partition coefficient (Wildman–Crippen LogP) is 3.67. The molecule has 0 radical (unpaired) electrons. The Balaban J connectivity index is 2.26. The Hall–Kier alpha value is -2.79. The van der Waals surface area contributed by atoms with Gasteiger partial charge in [0.15, 0.2) is 0 Å². The highest BCUT2D eigenvalue weighted by molar-refractivity contribution is 5.78. The first-order valence-corrected chi connectivity index (χ1v) is 8.61. The van der Waals surface area contributed by atoms with Gasteiger partial charge in [0, 0.05) is 18.0 Å². The molecule has 0 atom stereocenters. The zero-order chi connectivity index (χ0) is 18.9. The van der Waals surface area contributed by atoms with Crippen LogP contribution in [-0.2, 0) is 12.0 Å². The number of aliphatic hydroxyl groups is 1. The second-order valence-corrected chi connectivity index (χ2v) is 6.81. The Morgan fingerprint density at radius 2 is 2.08 bits per heavy atom. The largest absolute Gasteiger partial charge is 0.495 e. The number of pyridine rings is 1. The van der Waals surface area contributed by atoms with Crippen molar-refractivity contribution in [3.63, 3.8) is 0 Å². The number of nitrogens with one attached hydrogen (secondary N) is 1. The highest BCUT2D eigenvalue weighted by atomic mass is 16.5. The molecule has 0 saturated carbocycles. The first kappa shape index (κ1) is 18.0. The Morgan fingerprint density at radius 1 is 1.31 bits per heavy atom. The van der Waals surface area contributed by atoms with Gasteiger partial charge in [-0.1, -0.05) is 18.2 Å². The van der Waals surface area contributed by atoms with Gasteiger partial charge in [-0.25, -0.2) is 0 Å².